The third kappa shape index (κ3) is 5.13. The second-order valence-electron chi connectivity index (χ2n) is 7.85. The van der Waals surface area contributed by atoms with Crippen LogP contribution >= 0.6 is 0 Å². The third-order valence-corrected chi connectivity index (χ3v) is 4.39. The normalized spacial score (nSPS) is 11.3. The predicted octanol–water partition coefficient (Wildman–Crippen LogP) is 5.12. The van der Waals surface area contributed by atoms with E-state index in [0.717, 1.165) is 22.6 Å². The summed E-state index contributed by atoms with van der Waals surface area (Å²) in [6, 6.07) is 21.1. The van der Waals surface area contributed by atoms with Crippen molar-refractivity contribution < 1.29 is 19.4 Å². The van der Waals surface area contributed by atoms with Gasteiger partial charge in [-0.15, -0.1) is 0 Å². The van der Waals surface area contributed by atoms with Crippen molar-refractivity contribution in [1.29, 1.82) is 0 Å². The number of nitrogens with zero attached hydrogens (tertiary/aromatic N) is 1. The zero-order chi connectivity index (χ0) is 21.0. The fourth-order valence-electron chi connectivity index (χ4n) is 3.13. The molecule has 0 aliphatic carbocycles. The first-order chi connectivity index (χ1) is 13.7. The molecule has 2 aromatic carbocycles. The maximum absolute atomic E-state index is 12.3. The number of aliphatic carboxylic acids is 1. The van der Waals surface area contributed by atoms with Crippen LogP contribution in [0.3, 0.4) is 0 Å². The molecule has 3 rings (SSSR count). The molecule has 0 bridgehead atoms. The molecular formula is C24H25NO4. The average Bonchev–Trinajstić information content (AvgIpc) is 3.10. The van der Waals surface area contributed by atoms with Crippen molar-refractivity contribution in [2.75, 3.05) is 0 Å². The van der Waals surface area contributed by atoms with Gasteiger partial charge in [0.05, 0.1) is 17.7 Å². The van der Waals surface area contributed by atoms with Crippen molar-refractivity contribution in [1.82, 2.24) is 4.57 Å². The minimum atomic E-state index is -0.834. The Kier molecular flexibility index (Phi) is 5.87. The number of aromatic nitrogens is 1. The van der Waals surface area contributed by atoms with Crippen LogP contribution in [-0.4, -0.2) is 27.2 Å². The topological polar surface area (TPSA) is 68.5 Å². The van der Waals surface area contributed by atoms with Crippen molar-refractivity contribution in [2.45, 2.75) is 39.2 Å². The summed E-state index contributed by atoms with van der Waals surface area (Å²) in [5.41, 5.74) is 3.68. The molecule has 5 nitrogen and oxygen atoms in total. The maximum Gasteiger partial charge on any atom is 0.338 e. The van der Waals surface area contributed by atoms with E-state index in [1.54, 1.807) is 12.1 Å². The van der Waals surface area contributed by atoms with Gasteiger partial charge in [0.15, 0.2) is 0 Å². The van der Waals surface area contributed by atoms with Gasteiger partial charge in [-0.2, -0.15) is 0 Å². The predicted molar refractivity (Wildman–Crippen MR) is 112 cm³/mol. The first-order valence-corrected chi connectivity index (χ1v) is 9.56. The summed E-state index contributed by atoms with van der Waals surface area (Å²) in [7, 11) is 0. The molecule has 0 aliphatic rings. The van der Waals surface area contributed by atoms with Gasteiger partial charge in [0.25, 0.3) is 0 Å². The first kappa shape index (κ1) is 20.4. The van der Waals surface area contributed by atoms with Gasteiger partial charge in [-0.05, 0) is 69.2 Å². The van der Waals surface area contributed by atoms with E-state index < -0.39 is 11.6 Å². The van der Waals surface area contributed by atoms with Crippen LogP contribution in [-0.2, 0) is 16.0 Å². The van der Waals surface area contributed by atoms with Crippen LogP contribution in [0.1, 0.15) is 43.2 Å². The molecule has 0 saturated carbocycles. The minimum Gasteiger partial charge on any atom is -0.481 e. The molecule has 150 valence electrons. The van der Waals surface area contributed by atoms with Gasteiger partial charge in [0.2, 0.25) is 0 Å². The average molecular weight is 391 g/mol. The number of esters is 1. The molecule has 5 heteroatoms. The summed E-state index contributed by atoms with van der Waals surface area (Å²) in [5, 5.41) is 9.09. The van der Waals surface area contributed by atoms with Crippen molar-refractivity contribution in [3.8, 4) is 16.9 Å². The minimum absolute atomic E-state index is 0.0498. The van der Waals surface area contributed by atoms with Crippen LogP contribution in [0.4, 0.5) is 0 Å². The second-order valence-corrected chi connectivity index (χ2v) is 7.85. The van der Waals surface area contributed by atoms with Gasteiger partial charge < -0.3 is 14.4 Å². The summed E-state index contributed by atoms with van der Waals surface area (Å²) in [4.78, 5) is 23.4. The van der Waals surface area contributed by atoms with Gasteiger partial charge in [-0.3, -0.25) is 4.79 Å². The van der Waals surface area contributed by atoms with E-state index in [4.69, 9.17) is 9.84 Å². The zero-order valence-electron chi connectivity index (χ0n) is 16.9. The van der Waals surface area contributed by atoms with Crippen LogP contribution in [0, 0.1) is 0 Å². The largest absolute Gasteiger partial charge is 0.481 e. The van der Waals surface area contributed by atoms with E-state index in [-0.39, 0.29) is 12.4 Å². The monoisotopic (exact) mass is 391 g/mol. The van der Waals surface area contributed by atoms with Crippen LogP contribution in [0.15, 0.2) is 66.7 Å². The number of hydrogen-bond acceptors (Lipinski definition) is 3. The van der Waals surface area contributed by atoms with Crippen LogP contribution < -0.4 is 0 Å². The van der Waals surface area contributed by atoms with Crippen molar-refractivity contribution in [2.24, 2.45) is 0 Å². The summed E-state index contributed by atoms with van der Waals surface area (Å²) >= 11 is 0. The molecule has 0 unspecified atom stereocenters. The number of carboxylic acids is 1. The number of carbonyl (C=O) groups excluding carboxylic acids is 1. The number of aryl methyl sites for hydroxylation is 1. The van der Waals surface area contributed by atoms with E-state index in [1.807, 2.05) is 79.9 Å². The van der Waals surface area contributed by atoms with E-state index >= 15 is 0 Å². The summed E-state index contributed by atoms with van der Waals surface area (Å²) in [6.45, 7) is 5.50. The van der Waals surface area contributed by atoms with Gasteiger partial charge >= 0.3 is 11.9 Å². The van der Waals surface area contributed by atoms with Gasteiger partial charge in [-0.1, -0.05) is 30.3 Å². The first-order valence-electron chi connectivity index (χ1n) is 9.56. The Morgan fingerprint density at radius 1 is 0.931 bits per heavy atom. The molecule has 1 aromatic heterocycles. The lowest BCUT2D eigenvalue weighted by Crippen LogP contribution is -2.23. The molecule has 3 aromatic rings. The zero-order valence-corrected chi connectivity index (χ0v) is 16.9. The van der Waals surface area contributed by atoms with Crippen molar-refractivity contribution >= 4 is 11.9 Å². The Morgan fingerprint density at radius 2 is 1.59 bits per heavy atom. The molecule has 0 atom stereocenters. The highest BCUT2D eigenvalue weighted by molar-refractivity contribution is 5.90. The quantitative estimate of drug-likeness (QED) is 0.593. The smallest absolute Gasteiger partial charge is 0.338 e. The SMILES string of the molecule is CC(C)(C)OC(=O)c1ccc(-n2c(CCC(=O)O)ccc2-c2ccccc2)cc1. The van der Waals surface area contributed by atoms with Crippen molar-refractivity contribution in [3.05, 3.63) is 78.0 Å². The molecule has 0 aliphatic heterocycles. The van der Waals surface area contributed by atoms with E-state index in [1.165, 1.54) is 0 Å². The molecule has 29 heavy (non-hydrogen) atoms. The molecule has 1 N–H and O–H groups in total. The number of benzene rings is 2. The van der Waals surface area contributed by atoms with Gasteiger partial charge in [0.1, 0.15) is 5.60 Å². The Morgan fingerprint density at radius 3 is 2.17 bits per heavy atom. The number of carboxylic acid groups (broad SMARTS) is 1. The Hall–Kier alpha value is -3.34. The third-order valence-electron chi connectivity index (χ3n) is 4.39. The Bertz CT molecular complexity index is 996. The fourth-order valence-corrected chi connectivity index (χ4v) is 3.13. The van der Waals surface area contributed by atoms with Crippen LogP contribution in [0.25, 0.3) is 16.9 Å². The number of ether oxygens (including phenoxy) is 1. The standard InChI is InChI=1S/C24H25NO4/c1-24(2,3)29-23(28)18-9-11-19(12-10-18)25-20(14-16-22(26)27)13-15-21(25)17-7-5-4-6-8-17/h4-13,15H,14,16H2,1-3H3,(H,26,27). The van der Waals surface area contributed by atoms with Crippen LogP contribution in [0.5, 0.6) is 0 Å². The Labute approximate surface area is 170 Å². The highest BCUT2D eigenvalue weighted by Crippen LogP contribution is 2.28. The summed E-state index contributed by atoms with van der Waals surface area (Å²) < 4.78 is 7.46. The number of carbonyl (C=O) groups is 2. The highest BCUT2D eigenvalue weighted by atomic mass is 16.6. The lowest BCUT2D eigenvalue weighted by Gasteiger charge is -2.19. The molecule has 0 radical (unpaired) electrons. The van der Waals surface area contributed by atoms with Gasteiger partial charge in [0, 0.05) is 11.4 Å². The van der Waals surface area contributed by atoms with Crippen molar-refractivity contribution in [3.63, 3.8) is 0 Å². The molecule has 0 spiro atoms. The summed E-state index contributed by atoms with van der Waals surface area (Å²) in [5.74, 6) is -1.20. The molecule has 0 amide bonds. The van der Waals surface area contributed by atoms with Crippen LogP contribution in [0.2, 0.25) is 0 Å². The van der Waals surface area contributed by atoms with E-state index in [2.05, 4.69) is 0 Å². The maximum atomic E-state index is 12.3. The van der Waals surface area contributed by atoms with E-state index in [9.17, 15) is 9.59 Å². The molecule has 0 saturated heterocycles. The molecular weight excluding hydrogens is 366 g/mol. The molecule has 0 fully saturated rings. The second kappa shape index (κ2) is 8.35. The fraction of sp³-hybridized carbons (Fsp3) is 0.250. The van der Waals surface area contributed by atoms with Gasteiger partial charge in [-0.25, -0.2) is 4.79 Å². The number of rotatable bonds is 6. The lowest BCUT2D eigenvalue weighted by molar-refractivity contribution is -0.137. The summed E-state index contributed by atoms with van der Waals surface area (Å²) in [6.07, 6.45) is 0.463. The number of hydrogen-bond donors (Lipinski definition) is 1. The highest BCUT2D eigenvalue weighted by Gasteiger charge is 2.18. The van der Waals surface area contributed by atoms with E-state index in [0.29, 0.717) is 12.0 Å². The Balaban J connectivity index is 1.98. The lowest BCUT2D eigenvalue weighted by atomic mass is 10.1. The molecule has 1 heterocycles.